The van der Waals surface area contributed by atoms with E-state index in [-0.39, 0.29) is 12.5 Å². The molecular formula is C10H15F3O2. The lowest BCUT2D eigenvalue weighted by molar-refractivity contribution is -0.132. The maximum Gasteiger partial charge on any atom is 0.412 e. The van der Waals surface area contributed by atoms with Crippen LogP contribution in [0.4, 0.5) is 13.2 Å². The molecule has 0 spiro atoms. The quantitative estimate of drug-likeness (QED) is 0.553. The minimum Gasteiger partial charge on any atom is -0.478 e. The monoisotopic (exact) mass is 224 g/mol. The lowest BCUT2D eigenvalue weighted by Crippen LogP contribution is -2.13. The van der Waals surface area contributed by atoms with Crippen LogP contribution >= 0.6 is 0 Å². The standard InChI is InChI=1S/C10H15F3O2/c1-2-3-4-5-6-8(7-9(14)15)10(11,12)13/h7H,2-6H2,1H3,(H,14,15)/b8-7+. The number of halogens is 3. The van der Waals surface area contributed by atoms with Crippen LogP contribution in [0.15, 0.2) is 11.6 Å². The zero-order valence-corrected chi connectivity index (χ0v) is 8.60. The fourth-order valence-corrected chi connectivity index (χ4v) is 1.19. The fourth-order valence-electron chi connectivity index (χ4n) is 1.19. The third-order valence-corrected chi connectivity index (χ3v) is 1.96. The van der Waals surface area contributed by atoms with Crippen LogP contribution < -0.4 is 0 Å². The third kappa shape index (κ3) is 6.99. The van der Waals surface area contributed by atoms with Gasteiger partial charge in [0.2, 0.25) is 0 Å². The molecule has 0 aromatic carbocycles. The SMILES string of the molecule is CCCCCC/C(=C\C(=O)O)C(F)(F)F. The molecule has 88 valence electrons. The molecule has 0 bridgehead atoms. The van der Waals surface area contributed by atoms with E-state index in [1.807, 2.05) is 6.92 Å². The molecule has 0 amide bonds. The van der Waals surface area contributed by atoms with Crippen molar-refractivity contribution in [3.63, 3.8) is 0 Å². The first-order valence-corrected chi connectivity index (χ1v) is 4.88. The molecule has 0 fully saturated rings. The van der Waals surface area contributed by atoms with E-state index >= 15 is 0 Å². The van der Waals surface area contributed by atoms with Gasteiger partial charge in [0, 0.05) is 11.6 Å². The minimum absolute atomic E-state index is 0.212. The Hall–Kier alpha value is -1.00. The number of carboxylic acid groups (broad SMARTS) is 1. The normalized spacial score (nSPS) is 12.9. The first-order valence-electron chi connectivity index (χ1n) is 4.88. The summed E-state index contributed by atoms with van der Waals surface area (Å²) in [5.74, 6) is -1.54. The second-order valence-electron chi connectivity index (χ2n) is 3.32. The number of allylic oxidation sites excluding steroid dienone is 1. The van der Waals surface area contributed by atoms with Gasteiger partial charge in [0.05, 0.1) is 0 Å². The zero-order chi connectivity index (χ0) is 11.9. The summed E-state index contributed by atoms with van der Waals surface area (Å²) in [6.07, 6.45) is -1.59. The molecule has 0 radical (unpaired) electrons. The van der Waals surface area contributed by atoms with E-state index in [1.54, 1.807) is 0 Å². The Morgan fingerprint density at radius 1 is 1.27 bits per heavy atom. The van der Waals surface area contributed by atoms with E-state index in [2.05, 4.69) is 0 Å². The van der Waals surface area contributed by atoms with Gasteiger partial charge >= 0.3 is 12.1 Å². The summed E-state index contributed by atoms with van der Waals surface area (Å²) >= 11 is 0. The molecule has 0 aliphatic carbocycles. The van der Waals surface area contributed by atoms with Crippen LogP contribution in [0, 0.1) is 0 Å². The van der Waals surface area contributed by atoms with Crippen molar-refractivity contribution in [3.05, 3.63) is 11.6 Å². The molecule has 0 aromatic heterocycles. The summed E-state index contributed by atoms with van der Waals surface area (Å²) < 4.78 is 36.8. The van der Waals surface area contributed by atoms with E-state index in [1.165, 1.54) is 0 Å². The summed E-state index contributed by atoms with van der Waals surface area (Å²) in [5.41, 5.74) is -0.953. The van der Waals surface area contributed by atoms with Crippen molar-refractivity contribution in [2.45, 2.75) is 45.2 Å². The molecule has 1 N–H and O–H groups in total. The van der Waals surface area contributed by atoms with Crippen molar-refractivity contribution in [1.29, 1.82) is 0 Å². The van der Waals surface area contributed by atoms with Crippen LogP contribution in [0.3, 0.4) is 0 Å². The molecule has 0 rings (SSSR count). The lowest BCUT2D eigenvalue weighted by Gasteiger charge is -2.10. The molecule has 0 heterocycles. The summed E-state index contributed by atoms with van der Waals surface area (Å²) in [6, 6.07) is 0. The maximum atomic E-state index is 12.3. The summed E-state index contributed by atoms with van der Waals surface area (Å²) in [4.78, 5) is 10.2. The van der Waals surface area contributed by atoms with Crippen LogP contribution in [0.5, 0.6) is 0 Å². The van der Waals surface area contributed by atoms with Crippen molar-refractivity contribution in [1.82, 2.24) is 0 Å². The molecule has 0 aromatic rings. The van der Waals surface area contributed by atoms with Crippen molar-refractivity contribution >= 4 is 5.97 Å². The van der Waals surface area contributed by atoms with Crippen molar-refractivity contribution < 1.29 is 23.1 Å². The topological polar surface area (TPSA) is 37.3 Å². The number of aliphatic carboxylic acids is 1. The van der Waals surface area contributed by atoms with E-state index < -0.39 is 17.7 Å². The third-order valence-electron chi connectivity index (χ3n) is 1.96. The number of unbranched alkanes of at least 4 members (excludes halogenated alkanes) is 3. The molecule has 0 aliphatic heterocycles. The first kappa shape index (κ1) is 14.0. The first-order chi connectivity index (χ1) is 6.88. The summed E-state index contributed by atoms with van der Waals surface area (Å²) in [7, 11) is 0. The highest BCUT2D eigenvalue weighted by molar-refractivity contribution is 5.80. The van der Waals surface area contributed by atoms with Crippen molar-refractivity contribution in [3.8, 4) is 0 Å². The second-order valence-corrected chi connectivity index (χ2v) is 3.32. The predicted molar refractivity (Wildman–Crippen MR) is 50.5 cm³/mol. The van der Waals surface area contributed by atoms with Gasteiger partial charge in [0.25, 0.3) is 0 Å². The van der Waals surface area contributed by atoms with Crippen molar-refractivity contribution in [2.24, 2.45) is 0 Å². The van der Waals surface area contributed by atoms with Gasteiger partial charge < -0.3 is 5.11 Å². The van der Waals surface area contributed by atoms with Gasteiger partial charge in [-0.25, -0.2) is 4.79 Å². The van der Waals surface area contributed by atoms with Crippen LogP contribution in [0.1, 0.15) is 39.0 Å². The number of rotatable bonds is 6. The van der Waals surface area contributed by atoms with Gasteiger partial charge in [-0.2, -0.15) is 13.2 Å². The van der Waals surface area contributed by atoms with E-state index in [0.29, 0.717) is 12.8 Å². The maximum absolute atomic E-state index is 12.3. The molecular weight excluding hydrogens is 209 g/mol. The summed E-state index contributed by atoms with van der Waals surface area (Å²) in [5, 5.41) is 8.27. The number of carboxylic acids is 1. The average Bonchev–Trinajstić information content (AvgIpc) is 2.08. The molecule has 0 saturated carbocycles. The smallest absolute Gasteiger partial charge is 0.412 e. The number of hydrogen-bond acceptors (Lipinski definition) is 1. The molecule has 0 aliphatic rings. The molecule has 0 atom stereocenters. The number of alkyl halides is 3. The summed E-state index contributed by atoms with van der Waals surface area (Å²) in [6.45, 7) is 1.96. The Morgan fingerprint density at radius 3 is 2.27 bits per heavy atom. The minimum atomic E-state index is -4.52. The van der Waals surface area contributed by atoms with Crippen molar-refractivity contribution in [2.75, 3.05) is 0 Å². The lowest BCUT2D eigenvalue weighted by atomic mass is 10.1. The highest BCUT2D eigenvalue weighted by Gasteiger charge is 2.33. The number of hydrogen-bond donors (Lipinski definition) is 1. The van der Waals surface area contributed by atoms with E-state index in [0.717, 1.165) is 12.8 Å². The Bertz CT molecular complexity index is 231. The van der Waals surface area contributed by atoms with Gasteiger partial charge in [-0.1, -0.05) is 26.2 Å². The Labute approximate surface area is 86.8 Å². The van der Waals surface area contributed by atoms with Gasteiger partial charge in [-0.15, -0.1) is 0 Å². The van der Waals surface area contributed by atoms with Gasteiger partial charge in [-0.3, -0.25) is 0 Å². The van der Waals surface area contributed by atoms with E-state index in [9.17, 15) is 18.0 Å². The highest BCUT2D eigenvalue weighted by atomic mass is 19.4. The molecule has 5 heteroatoms. The fraction of sp³-hybridized carbons (Fsp3) is 0.700. The molecule has 15 heavy (non-hydrogen) atoms. The largest absolute Gasteiger partial charge is 0.478 e. The number of carbonyl (C=O) groups is 1. The van der Waals surface area contributed by atoms with E-state index in [4.69, 9.17) is 5.11 Å². The Kier molecular flexibility index (Phi) is 6.05. The predicted octanol–water partition coefficient (Wildman–Crippen LogP) is 3.53. The zero-order valence-electron chi connectivity index (χ0n) is 8.60. The van der Waals surface area contributed by atoms with Crippen LogP contribution in [0.2, 0.25) is 0 Å². The van der Waals surface area contributed by atoms with Gasteiger partial charge in [-0.05, 0) is 12.8 Å². The molecule has 2 nitrogen and oxygen atoms in total. The van der Waals surface area contributed by atoms with Gasteiger partial charge in [0.15, 0.2) is 0 Å². The second kappa shape index (κ2) is 6.48. The van der Waals surface area contributed by atoms with Crippen LogP contribution in [-0.4, -0.2) is 17.3 Å². The highest BCUT2D eigenvalue weighted by Crippen LogP contribution is 2.29. The van der Waals surface area contributed by atoms with Crippen LogP contribution in [0.25, 0.3) is 0 Å². The molecule has 0 saturated heterocycles. The Morgan fingerprint density at radius 2 is 1.87 bits per heavy atom. The Balaban J connectivity index is 4.22. The average molecular weight is 224 g/mol. The molecule has 0 unspecified atom stereocenters. The van der Waals surface area contributed by atoms with Crippen LogP contribution in [-0.2, 0) is 4.79 Å². The van der Waals surface area contributed by atoms with Gasteiger partial charge in [0.1, 0.15) is 0 Å².